The molecule has 2 aromatic heterocycles. The highest BCUT2D eigenvalue weighted by Crippen LogP contribution is 2.28. The molecular formula is C14H19IN4O2. The number of aryl methyl sites for hydroxylation is 2. The summed E-state index contributed by atoms with van der Waals surface area (Å²) in [7, 11) is 1.66. The zero-order valence-corrected chi connectivity index (χ0v) is 14.8. The Morgan fingerprint density at radius 3 is 2.62 bits per heavy atom. The summed E-state index contributed by atoms with van der Waals surface area (Å²) in [5, 5.41) is 7.31. The van der Waals surface area contributed by atoms with E-state index in [-0.39, 0.29) is 0 Å². The van der Waals surface area contributed by atoms with Gasteiger partial charge in [0.15, 0.2) is 5.82 Å². The molecule has 2 rings (SSSR count). The van der Waals surface area contributed by atoms with E-state index in [2.05, 4.69) is 50.0 Å². The van der Waals surface area contributed by atoms with E-state index in [9.17, 15) is 0 Å². The van der Waals surface area contributed by atoms with Crippen molar-refractivity contribution in [3.63, 3.8) is 0 Å². The first-order valence-electron chi connectivity index (χ1n) is 6.80. The van der Waals surface area contributed by atoms with Gasteiger partial charge in [0.05, 0.1) is 27.1 Å². The van der Waals surface area contributed by atoms with Crippen LogP contribution in [0.15, 0.2) is 4.52 Å². The van der Waals surface area contributed by atoms with E-state index in [1.807, 2.05) is 13.8 Å². The van der Waals surface area contributed by atoms with Crippen LogP contribution in [-0.2, 0) is 11.3 Å². The number of ether oxygens (including phenoxy) is 1. The van der Waals surface area contributed by atoms with Gasteiger partial charge in [-0.25, -0.2) is 9.97 Å². The highest BCUT2D eigenvalue weighted by Gasteiger charge is 2.18. The molecule has 0 saturated heterocycles. The van der Waals surface area contributed by atoms with Gasteiger partial charge in [-0.15, -0.1) is 0 Å². The fourth-order valence-corrected chi connectivity index (χ4v) is 2.59. The lowest BCUT2D eigenvalue weighted by Crippen LogP contribution is -2.10. The van der Waals surface area contributed by atoms with Crippen molar-refractivity contribution in [2.75, 3.05) is 19.0 Å². The van der Waals surface area contributed by atoms with Gasteiger partial charge in [0.1, 0.15) is 11.6 Å². The molecule has 0 radical (unpaired) electrons. The number of hydrogen-bond acceptors (Lipinski definition) is 6. The molecule has 0 aliphatic heterocycles. The van der Waals surface area contributed by atoms with Crippen LogP contribution in [0.25, 0.3) is 11.4 Å². The number of halogens is 1. The third-order valence-electron chi connectivity index (χ3n) is 3.00. The van der Waals surface area contributed by atoms with Crippen LogP contribution in [0.3, 0.4) is 0 Å². The maximum Gasteiger partial charge on any atom is 0.167 e. The average Bonchev–Trinajstić information content (AvgIpc) is 2.79. The van der Waals surface area contributed by atoms with Gasteiger partial charge in [0.25, 0.3) is 0 Å². The first kappa shape index (κ1) is 16.2. The molecule has 0 bridgehead atoms. The second kappa shape index (κ2) is 7.17. The molecule has 0 atom stereocenters. The highest BCUT2D eigenvalue weighted by molar-refractivity contribution is 14.1. The molecule has 0 aliphatic carbocycles. The van der Waals surface area contributed by atoms with Crippen LogP contribution in [0.2, 0.25) is 0 Å². The summed E-state index contributed by atoms with van der Waals surface area (Å²) in [5.41, 5.74) is 2.50. The maximum atomic E-state index is 5.24. The van der Waals surface area contributed by atoms with Crippen LogP contribution >= 0.6 is 22.6 Å². The lowest BCUT2D eigenvalue weighted by molar-refractivity contribution is 0.181. The van der Waals surface area contributed by atoms with Crippen molar-refractivity contribution < 1.29 is 9.26 Å². The SMILES string of the molecule is CCCNc1nc(-c2c(C)noc2C)nc(COC)c1I. The van der Waals surface area contributed by atoms with E-state index in [4.69, 9.17) is 9.26 Å². The molecule has 114 valence electrons. The van der Waals surface area contributed by atoms with Crippen LogP contribution in [0, 0.1) is 17.4 Å². The average molecular weight is 402 g/mol. The molecule has 2 aromatic rings. The van der Waals surface area contributed by atoms with Gasteiger partial charge in [0.2, 0.25) is 0 Å². The summed E-state index contributed by atoms with van der Waals surface area (Å²) in [6.07, 6.45) is 1.03. The monoisotopic (exact) mass is 402 g/mol. The maximum absolute atomic E-state index is 5.24. The topological polar surface area (TPSA) is 73.1 Å². The number of hydrogen-bond donors (Lipinski definition) is 1. The number of methoxy groups -OCH3 is 1. The third-order valence-corrected chi connectivity index (χ3v) is 4.13. The molecule has 0 aromatic carbocycles. The van der Waals surface area contributed by atoms with Crippen molar-refractivity contribution in [2.24, 2.45) is 0 Å². The van der Waals surface area contributed by atoms with Crippen LogP contribution in [-0.4, -0.2) is 28.8 Å². The number of aromatic nitrogens is 3. The van der Waals surface area contributed by atoms with E-state index in [1.165, 1.54) is 0 Å². The van der Waals surface area contributed by atoms with Crippen molar-refractivity contribution in [1.29, 1.82) is 0 Å². The van der Waals surface area contributed by atoms with Gasteiger partial charge in [-0.1, -0.05) is 12.1 Å². The van der Waals surface area contributed by atoms with Gasteiger partial charge in [-0.2, -0.15) is 0 Å². The minimum atomic E-state index is 0.442. The van der Waals surface area contributed by atoms with Crippen molar-refractivity contribution >= 4 is 28.4 Å². The van der Waals surface area contributed by atoms with Crippen molar-refractivity contribution in [3.05, 3.63) is 20.7 Å². The zero-order chi connectivity index (χ0) is 15.4. The smallest absolute Gasteiger partial charge is 0.167 e. The van der Waals surface area contributed by atoms with Gasteiger partial charge < -0.3 is 14.6 Å². The minimum absolute atomic E-state index is 0.442. The largest absolute Gasteiger partial charge is 0.378 e. The Bertz CT molecular complexity index is 608. The molecule has 21 heavy (non-hydrogen) atoms. The first-order valence-corrected chi connectivity index (χ1v) is 7.88. The Morgan fingerprint density at radius 2 is 2.05 bits per heavy atom. The highest BCUT2D eigenvalue weighted by atomic mass is 127. The summed E-state index contributed by atoms with van der Waals surface area (Å²) in [4.78, 5) is 9.24. The predicted octanol–water partition coefficient (Wildman–Crippen LogP) is 3.32. The van der Waals surface area contributed by atoms with E-state index >= 15 is 0 Å². The standard InChI is InChI=1S/C14H19IN4O2/c1-5-6-16-14-12(15)10(7-20-4)17-13(18-14)11-8(2)19-21-9(11)3/h5-7H2,1-4H3,(H,16,17,18). The fraction of sp³-hybridized carbons (Fsp3) is 0.500. The number of anilines is 1. The molecular weight excluding hydrogens is 383 g/mol. The van der Waals surface area contributed by atoms with E-state index < -0.39 is 0 Å². The molecule has 0 unspecified atom stereocenters. The van der Waals surface area contributed by atoms with Gasteiger partial charge >= 0.3 is 0 Å². The van der Waals surface area contributed by atoms with Crippen molar-refractivity contribution in [3.8, 4) is 11.4 Å². The molecule has 6 nitrogen and oxygen atoms in total. The summed E-state index contributed by atoms with van der Waals surface area (Å²) >= 11 is 2.25. The third kappa shape index (κ3) is 3.52. The van der Waals surface area contributed by atoms with Crippen LogP contribution in [0.5, 0.6) is 0 Å². The van der Waals surface area contributed by atoms with E-state index in [1.54, 1.807) is 7.11 Å². The second-order valence-corrected chi connectivity index (χ2v) is 5.79. The summed E-state index contributed by atoms with van der Waals surface area (Å²) < 4.78 is 11.4. The summed E-state index contributed by atoms with van der Waals surface area (Å²) in [6.45, 7) is 7.18. The Balaban J connectivity index is 2.53. The molecule has 7 heteroatoms. The quantitative estimate of drug-likeness (QED) is 0.748. The second-order valence-electron chi connectivity index (χ2n) is 4.72. The molecule has 1 N–H and O–H groups in total. The van der Waals surface area contributed by atoms with Crippen LogP contribution < -0.4 is 5.32 Å². The molecule has 0 saturated carbocycles. The van der Waals surface area contributed by atoms with Crippen LogP contribution in [0.4, 0.5) is 5.82 Å². The Hall–Kier alpha value is -1.22. The van der Waals surface area contributed by atoms with Gasteiger partial charge in [0, 0.05) is 13.7 Å². The molecule has 0 amide bonds. The molecule has 0 fully saturated rings. The Labute approximate surface area is 137 Å². The zero-order valence-electron chi connectivity index (χ0n) is 12.7. The van der Waals surface area contributed by atoms with Gasteiger partial charge in [-0.05, 0) is 42.9 Å². The molecule has 0 aliphatic rings. The number of rotatable bonds is 6. The van der Waals surface area contributed by atoms with E-state index in [0.29, 0.717) is 12.4 Å². The van der Waals surface area contributed by atoms with E-state index in [0.717, 1.165) is 45.1 Å². The number of nitrogens with zero attached hydrogens (tertiary/aromatic N) is 3. The molecule has 2 heterocycles. The lowest BCUT2D eigenvalue weighted by atomic mass is 10.2. The lowest BCUT2D eigenvalue weighted by Gasteiger charge is -2.12. The number of nitrogens with one attached hydrogen (secondary N) is 1. The fourth-order valence-electron chi connectivity index (χ4n) is 2.00. The van der Waals surface area contributed by atoms with Crippen molar-refractivity contribution in [1.82, 2.24) is 15.1 Å². The van der Waals surface area contributed by atoms with Crippen LogP contribution in [0.1, 0.15) is 30.5 Å². The minimum Gasteiger partial charge on any atom is -0.378 e. The predicted molar refractivity (Wildman–Crippen MR) is 89.2 cm³/mol. The Kier molecular flexibility index (Phi) is 5.51. The molecule has 0 spiro atoms. The normalized spacial score (nSPS) is 10.9. The Morgan fingerprint density at radius 1 is 1.29 bits per heavy atom. The van der Waals surface area contributed by atoms with Crippen molar-refractivity contribution in [2.45, 2.75) is 33.8 Å². The first-order chi connectivity index (χ1) is 10.1. The van der Waals surface area contributed by atoms with Gasteiger partial charge in [-0.3, -0.25) is 0 Å². The summed E-state index contributed by atoms with van der Waals surface area (Å²) in [6, 6.07) is 0. The summed E-state index contributed by atoms with van der Waals surface area (Å²) in [5.74, 6) is 2.17.